The van der Waals surface area contributed by atoms with Crippen molar-refractivity contribution in [2.24, 2.45) is 39.9 Å². The van der Waals surface area contributed by atoms with E-state index >= 15 is 0 Å². The van der Waals surface area contributed by atoms with Gasteiger partial charge in [-0.15, -0.1) is 0 Å². The first kappa shape index (κ1) is 23.3. The van der Waals surface area contributed by atoms with Gasteiger partial charge in [-0.25, -0.2) is 0 Å². The molecule has 0 aromatic carbocycles. The van der Waals surface area contributed by atoms with Crippen LogP contribution in [0.25, 0.3) is 0 Å². The van der Waals surface area contributed by atoms with Gasteiger partial charge < -0.3 is 19.3 Å². The lowest BCUT2D eigenvalue weighted by molar-refractivity contribution is -0.286. The molecule has 9 bridgehead atoms. The topological polar surface area (TPSA) is 85.3 Å². The fraction of sp³-hybridized carbons (Fsp3) is 0.793. The third-order valence-corrected chi connectivity index (χ3v) is 11.6. The molecule has 0 radical (unpaired) electrons. The highest BCUT2D eigenvalue weighted by atomic mass is 16.6. The molecule has 2 spiro atoms. The molecule has 9 rings (SSSR count). The van der Waals surface area contributed by atoms with Crippen molar-refractivity contribution in [3.05, 3.63) is 24.5 Å². The van der Waals surface area contributed by atoms with Gasteiger partial charge in [0.1, 0.15) is 23.9 Å². The lowest BCUT2D eigenvalue weighted by atomic mass is 9.39. The number of carbonyl (C=O) groups excluding carboxylic acids is 2. The predicted molar refractivity (Wildman–Crippen MR) is 130 cm³/mol. The van der Waals surface area contributed by atoms with Gasteiger partial charge in [0.05, 0.1) is 17.6 Å². The van der Waals surface area contributed by atoms with E-state index < -0.39 is 17.1 Å². The molecule has 9 aliphatic rings. The summed E-state index contributed by atoms with van der Waals surface area (Å²) >= 11 is 0. The summed E-state index contributed by atoms with van der Waals surface area (Å²) in [6, 6.07) is 0.232. The molecule has 3 heterocycles. The van der Waals surface area contributed by atoms with Gasteiger partial charge in [0.15, 0.2) is 0 Å². The van der Waals surface area contributed by atoms with Crippen LogP contribution in [0.5, 0.6) is 0 Å². The van der Waals surface area contributed by atoms with E-state index in [9.17, 15) is 14.7 Å². The number of ether oxygens (including phenoxy) is 3. The molecule has 13 atom stereocenters. The zero-order valence-corrected chi connectivity index (χ0v) is 22.1. The summed E-state index contributed by atoms with van der Waals surface area (Å²) in [7, 11) is 0. The Kier molecular flexibility index (Phi) is 4.25. The highest BCUT2D eigenvalue weighted by molar-refractivity contribution is 5.71. The molecule has 1 N–H and O–H groups in total. The van der Waals surface area contributed by atoms with Crippen molar-refractivity contribution in [3.8, 4) is 0 Å². The van der Waals surface area contributed by atoms with Crippen LogP contribution in [0.3, 0.4) is 0 Å². The molecule has 7 nitrogen and oxygen atoms in total. The highest BCUT2D eigenvalue weighted by Gasteiger charge is 2.96. The third kappa shape index (κ3) is 2.23. The van der Waals surface area contributed by atoms with E-state index in [0.717, 1.165) is 37.8 Å². The second kappa shape index (κ2) is 6.58. The fourth-order valence-electron chi connectivity index (χ4n) is 11.7. The van der Waals surface area contributed by atoms with E-state index in [1.54, 1.807) is 0 Å². The van der Waals surface area contributed by atoms with Crippen LogP contribution < -0.4 is 0 Å². The number of esters is 2. The molecule has 1 unspecified atom stereocenters. The number of carbonyl (C=O) groups is 2. The second-order valence-corrected chi connectivity index (χ2v) is 13.8. The third-order valence-electron chi connectivity index (χ3n) is 11.6. The minimum atomic E-state index is -1.18. The maximum absolute atomic E-state index is 13.0. The summed E-state index contributed by atoms with van der Waals surface area (Å²) in [6.45, 7) is 18.8. The van der Waals surface area contributed by atoms with E-state index in [4.69, 9.17) is 14.2 Å². The van der Waals surface area contributed by atoms with Crippen molar-refractivity contribution in [1.82, 2.24) is 4.90 Å². The molecule has 3 aliphatic heterocycles. The van der Waals surface area contributed by atoms with E-state index in [0.29, 0.717) is 17.7 Å². The molecule has 7 heteroatoms. The Bertz CT molecular complexity index is 1120. The molecule has 9 fully saturated rings. The van der Waals surface area contributed by atoms with Crippen LogP contribution in [-0.4, -0.2) is 64.5 Å². The SMILES string of the molecule is C=C(C)O[C@@H]1[C@@H]2C(=C)C[C@]34C[C@H]5[C@@H]6[C@@]7(C)C[C@H](OC(=O)C(C)C)C[C@]6([C@@H]13)[C@H](N5C7)[C@]4(O)[C@H]2OC(C)=O. The van der Waals surface area contributed by atoms with Gasteiger partial charge in [-0.1, -0.05) is 39.5 Å². The Labute approximate surface area is 213 Å². The summed E-state index contributed by atoms with van der Waals surface area (Å²) in [5.41, 5.74) is -0.927. The number of fused-ring (bicyclic) bond motifs is 1. The van der Waals surface area contributed by atoms with Gasteiger partial charge in [-0.2, -0.15) is 0 Å². The van der Waals surface area contributed by atoms with Crippen LogP contribution in [0.15, 0.2) is 24.5 Å². The van der Waals surface area contributed by atoms with Crippen molar-refractivity contribution < 1.29 is 28.9 Å². The number of allylic oxidation sites excluding steroid dienone is 1. The van der Waals surface area contributed by atoms with Crippen LogP contribution in [0.4, 0.5) is 0 Å². The Morgan fingerprint density at radius 2 is 1.83 bits per heavy atom. The number of piperidine rings is 2. The molecule has 0 aromatic heterocycles. The number of rotatable bonds is 5. The van der Waals surface area contributed by atoms with Gasteiger partial charge in [0, 0.05) is 42.3 Å². The zero-order chi connectivity index (χ0) is 25.7. The predicted octanol–water partition coefficient (Wildman–Crippen LogP) is 3.21. The normalized spacial score (nSPS) is 56.3. The Morgan fingerprint density at radius 3 is 2.47 bits per heavy atom. The first-order valence-corrected chi connectivity index (χ1v) is 13.7. The van der Waals surface area contributed by atoms with Gasteiger partial charge >= 0.3 is 11.9 Å². The maximum atomic E-state index is 13.0. The second-order valence-electron chi connectivity index (χ2n) is 13.8. The Balaban J connectivity index is 1.43. The van der Waals surface area contributed by atoms with Crippen molar-refractivity contribution in [3.63, 3.8) is 0 Å². The maximum Gasteiger partial charge on any atom is 0.308 e. The average molecular weight is 498 g/mol. The summed E-state index contributed by atoms with van der Waals surface area (Å²) in [5, 5.41) is 13.0. The lowest BCUT2D eigenvalue weighted by Crippen LogP contribution is -2.77. The Morgan fingerprint density at radius 1 is 1.11 bits per heavy atom. The fourth-order valence-corrected chi connectivity index (χ4v) is 11.7. The highest BCUT2D eigenvalue weighted by Crippen LogP contribution is 2.88. The minimum Gasteiger partial charge on any atom is -0.495 e. The molecule has 36 heavy (non-hydrogen) atoms. The largest absolute Gasteiger partial charge is 0.495 e. The molecular formula is C29H39NO6. The Hall–Kier alpha value is -1.86. The molecule has 6 aliphatic carbocycles. The summed E-state index contributed by atoms with van der Waals surface area (Å²) in [6.07, 6.45) is 2.00. The zero-order valence-electron chi connectivity index (χ0n) is 22.1. The number of hydrogen-bond acceptors (Lipinski definition) is 7. The first-order chi connectivity index (χ1) is 16.8. The summed E-state index contributed by atoms with van der Waals surface area (Å²) in [4.78, 5) is 27.7. The van der Waals surface area contributed by atoms with Crippen LogP contribution in [-0.2, 0) is 23.8 Å². The smallest absolute Gasteiger partial charge is 0.308 e. The quantitative estimate of drug-likeness (QED) is 0.355. The van der Waals surface area contributed by atoms with Crippen LogP contribution >= 0.6 is 0 Å². The van der Waals surface area contributed by atoms with E-state index in [1.165, 1.54) is 6.92 Å². The molecule has 196 valence electrons. The lowest BCUT2D eigenvalue weighted by Gasteiger charge is -2.68. The van der Waals surface area contributed by atoms with E-state index in [1.807, 2.05) is 20.8 Å². The number of aliphatic hydroxyl groups is 1. The summed E-state index contributed by atoms with van der Waals surface area (Å²) in [5.74, 6) is 0.0572. The minimum absolute atomic E-state index is 0.00223. The molecule has 6 saturated carbocycles. The van der Waals surface area contributed by atoms with Gasteiger partial charge in [0.2, 0.25) is 0 Å². The van der Waals surface area contributed by atoms with Gasteiger partial charge in [0.25, 0.3) is 0 Å². The standard InChI is InChI=1S/C29H39NO6/c1-13(2)24(32)36-17-9-26(7)12-30-18-11-27-8-15(5)19-20(34-14(3)4)22(27)28(10-17,21(18)26)25(30)29(27,33)23(19)35-16(6)31/h13,17-23,25,33H,3,5,8-12H2,1-2,4,6-7H3/t17-,18-,19-,20+,21+,22-,23-,25-,26-,27-,28-,29+/m0/s1. The van der Waals surface area contributed by atoms with Crippen molar-refractivity contribution in [2.75, 3.05) is 6.54 Å². The first-order valence-electron chi connectivity index (χ1n) is 13.7. The van der Waals surface area contributed by atoms with E-state index in [2.05, 4.69) is 25.0 Å². The number of hydrogen-bond donors (Lipinski definition) is 1. The molecular weight excluding hydrogens is 458 g/mol. The molecule has 0 amide bonds. The monoisotopic (exact) mass is 497 g/mol. The molecule has 3 saturated heterocycles. The van der Waals surface area contributed by atoms with Crippen molar-refractivity contribution >= 4 is 11.9 Å². The van der Waals surface area contributed by atoms with Crippen molar-refractivity contribution in [2.45, 2.75) is 96.3 Å². The summed E-state index contributed by atoms with van der Waals surface area (Å²) < 4.78 is 18.8. The molecule has 0 aromatic rings. The van der Waals surface area contributed by atoms with Crippen molar-refractivity contribution in [1.29, 1.82) is 0 Å². The average Bonchev–Trinajstić information content (AvgIpc) is 3.16. The van der Waals surface area contributed by atoms with E-state index in [-0.39, 0.29) is 58.8 Å². The van der Waals surface area contributed by atoms with Crippen LogP contribution in [0.2, 0.25) is 0 Å². The van der Waals surface area contributed by atoms with Gasteiger partial charge in [-0.05, 0) is 43.9 Å². The number of nitrogens with zero attached hydrogens (tertiary/aromatic N) is 1. The van der Waals surface area contributed by atoms with Gasteiger partial charge in [-0.3, -0.25) is 14.5 Å². The van der Waals surface area contributed by atoms with Crippen LogP contribution in [0.1, 0.15) is 60.3 Å². The van der Waals surface area contributed by atoms with Crippen LogP contribution in [0, 0.1) is 39.9 Å².